The normalized spacial score (nSPS) is 20.5. The van der Waals surface area contributed by atoms with Gasteiger partial charge in [0.2, 0.25) is 0 Å². The predicted molar refractivity (Wildman–Crippen MR) is 121 cm³/mol. The molecule has 2 aromatic rings. The van der Waals surface area contributed by atoms with Gasteiger partial charge in [-0.15, -0.1) is 12.4 Å². The van der Waals surface area contributed by atoms with Crippen LogP contribution in [0.15, 0.2) is 30.7 Å². The maximum absolute atomic E-state index is 11.6. The number of hydrogen-bond acceptors (Lipinski definition) is 5. The van der Waals surface area contributed by atoms with Gasteiger partial charge >= 0.3 is 0 Å². The second kappa shape index (κ2) is 9.06. The van der Waals surface area contributed by atoms with Crippen molar-refractivity contribution in [3.8, 4) is 11.3 Å². The van der Waals surface area contributed by atoms with E-state index in [1.165, 1.54) is 23.2 Å². The fourth-order valence-electron chi connectivity index (χ4n) is 4.41. The number of nitrogens with one attached hydrogen (secondary N) is 1. The summed E-state index contributed by atoms with van der Waals surface area (Å²) in [6.07, 6.45) is 6.82. The van der Waals surface area contributed by atoms with Crippen LogP contribution in [0, 0.1) is 0 Å². The molecule has 1 unspecified atom stereocenters. The summed E-state index contributed by atoms with van der Waals surface area (Å²) in [5.41, 5.74) is 5.09. The van der Waals surface area contributed by atoms with Crippen LogP contribution in [-0.4, -0.2) is 54.6 Å². The Labute approximate surface area is 180 Å². The summed E-state index contributed by atoms with van der Waals surface area (Å²) < 4.78 is 25.3. The Hall–Kier alpha value is -1.57. The molecule has 1 aromatic carbocycles. The number of rotatable bonds is 6. The number of aryl methyl sites for hydroxylation is 1. The van der Waals surface area contributed by atoms with Crippen LogP contribution < -0.4 is 10.2 Å². The fourth-order valence-corrected chi connectivity index (χ4v) is 6.11. The first-order valence-electron chi connectivity index (χ1n) is 10.3. The van der Waals surface area contributed by atoms with Gasteiger partial charge in [-0.1, -0.05) is 6.07 Å². The lowest BCUT2D eigenvalue weighted by molar-refractivity contribution is 0.521. The van der Waals surface area contributed by atoms with Crippen molar-refractivity contribution in [3.63, 3.8) is 0 Å². The largest absolute Gasteiger partial charge is 0.369 e. The third kappa shape index (κ3) is 4.95. The molecule has 0 saturated carbocycles. The number of aromatic nitrogens is 2. The van der Waals surface area contributed by atoms with E-state index < -0.39 is 9.84 Å². The van der Waals surface area contributed by atoms with E-state index in [0.717, 1.165) is 38.2 Å². The van der Waals surface area contributed by atoms with Crippen LogP contribution in [-0.2, 0) is 22.8 Å². The molecular weight excluding hydrogens is 408 g/mol. The molecule has 0 bridgehead atoms. The molecule has 2 aliphatic rings. The van der Waals surface area contributed by atoms with E-state index in [1.54, 1.807) is 0 Å². The molecule has 3 heterocycles. The van der Waals surface area contributed by atoms with Crippen molar-refractivity contribution in [2.45, 2.75) is 51.7 Å². The quantitative estimate of drug-likeness (QED) is 0.751. The van der Waals surface area contributed by atoms with E-state index in [2.05, 4.69) is 51.8 Å². The van der Waals surface area contributed by atoms with Crippen molar-refractivity contribution in [3.05, 3.63) is 36.3 Å². The molecule has 2 aliphatic heterocycles. The van der Waals surface area contributed by atoms with Crippen LogP contribution >= 0.6 is 12.4 Å². The average molecular weight is 439 g/mol. The number of sulfone groups is 1. The van der Waals surface area contributed by atoms with Gasteiger partial charge in [0.1, 0.15) is 0 Å². The lowest BCUT2D eigenvalue weighted by Crippen LogP contribution is -2.35. The number of imidazole rings is 1. The van der Waals surface area contributed by atoms with Crippen LogP contribution in [0.5, 0.6) is 0 Å². The molecule has 160 valence electrons. The summed E-state index contributed by atoms with van der Waals surface area (Å²) in [6, 6.07) is 7.37. The van der Waals surface area contributed by atoms with Gasteiger partial charge in [-0.2, -0.15) is 0 Å². The van der Waals surface area contributed by atoms with Gasteiger partial charge in [-0.05, 0) is 50.8 Å². The number of anilines is 1. The van der Waals surface area contributed by atoms with Crippen molar-refractivity contribution in [1.82, 2.24) is 14.9 Å². The molecule has 0 spiro atoms. The summed E-state index contributed by atoms with van der Waals surface area (Å²) in [4.78, 5) is 6.84. The van der Waals surface area contributed by atoms with Gasteiger partial charge in [-0.3, -0.25) is 0 Å². The monoisotopic (exact) mass is 438 g/mol. The number of nitrogens with zero attached hydrogens (tertiary/aromatic N) is 3. The van der Waals surface area contributed by atoms with Crippen LogP contribution in [0.1, 0.15) is 32.3 Å². The second-order valence-electron chi connectivity index (χ2n) is 8.26. The predicted octanol–water partition coefficient (Wildman–Crippen LogP) is 2.91. The Kier molecular flexibility index (Phi) is 6.91. The molecule has 1 N–H and O–H groups in total. The van der Waals surface area contributed by atoms with Crippen LogP contribution in [0.3, 0.4) is 0 Å². The zero-order chi connectivity index (χ0) is 19.7. The van der Waals surface area contributed by atoms with Gasteiger partial charge in [0.15, 0.2) is 9.84 Å². The Bertz CT molecular complexity index is 942. The van der Waals surface area contributed by atoms with E-state index in [1.807, 2.05) is 12.5 Å². The minimum absolute atomic E-state index is 0. The lowest BCUT2D eigenvalue weighted by Gasteiger charge is -2.35. The second-order valence-corrected chi connectivity index (χ2v) is 10.5. The number of halogens is 1. The molecule has 1 atom stereocenters. The van der Waals surface area contributed by atoms with Gasteiger partial charge in [-0.25, -0.2) is 13.4 Å². The summed E-state index contributed by atoms with van der Waals surface area (Å²) in [5, 5.41) is 3.39. The Morgan fingerprint density at radius 3 is 2.86 bits per heavy atom. The third-order valence-corrected chi connectivity index (χ3v) is 7.65. The highest BCUT2D eigenvalue weighted by molar-refractivity contribution is 7.91. The first-order chi connectivity index (χ1) is 13.4. The molecule has 1 fully saturated rings. The van der Waals surface area contributed by atoms with Gasteiger partial charge < -0.3 is 14.8 Å². The highest BCUT2D eigenvalue weighted by Gasteiger charge is 2.27. The molecule has 0 radical (unpaired) electrons. The van der Waals surface area contributed by atoms with Crippen LogP contribution in [0.25, 0.3) is 11.3 Å². The first kappa shape index (κ1) is 22.1. The van der Waals surface area contributed by atoms with Crippen LogP contribution in [0.2, 0.25) is 0 Å². The molecule has 0 amide bonds. The summed E-state index contributed by atoms with van der Waals surface area (Å²) in [6.45, 7) is 7.16. The smallest absolute Gasteiger partial charge is 0.151 e. The van der Waals surface area contributed by atoms with Crippen molar-refractivity contribution in [1.29, 1.82) is 0 Å². The fraction of sp³-hybridized carbons (Fsp3) is 0.571. The molecule has 0 aliphatic carbocycles. The highest BCUT2D eigenvalue weighted by Crippen LogP contribution is 2.32. The average Bonchev–Trinajstić information content (AvgIpc) is 3.26. The van der Waals surface area contributed by atoms with E-state index in [-0.39, 0.29) is 24.2 Å². The van der Waals surface area contributed by atoms with E-state index in [0.29, 0.717) is 11.8 Å². The Balaban J connectivity index is 0.00000240. The summed E-state index contributed by atoms with van der Waals surface area (Å²) in [7, 11) is -2.84. The zero-order valence-electron chi connectivity index (χ0n) is 17.2. The molecule has 6 nitrogen and oxygen atoms in total. The summed E-state index contributed by atoms with van der Waals surface area (Å²) in [5.74, 6) is 0.574. The Morgan fingerprint density at radius 1 is 1.31 bits per heavy atom. The minimum atomic E-state index is -2.84. The molecule has 1 aromatic heterocycles. The van der Waals surface area contributed by atoms with Crippen molar-refractivity contribution in [2.75, 3.05) is 29.5 Å². The standard InChI is InChI=1S/C21H30N4O2S.ClH/c1-16(2)25-9-3-4-17-12-18(5-6-20(17)25)21-13-22-15-24(21)10-8-23-19-7-11-28(26,27)14-19;/h5-6,12-13,15-16,19,23H,3-4,7-11,14H2,1-2H3;1H. The van der Waals surface area contributed by atoms with Gasteiger partial charge in [0.05, 0.1) is 29.7 Å². The minimum Gasteiger partial charge on any atom is -0.369 e. The van der Waals surface area contributed by atoms with Crippen molar-refractivity contribution >= 4 is 27.9 Å². The van der Waals surface area contributed by atoms with Crippen molar-refractivity contribution < 1.29 is 8.42 Å². The maximum atomic E-state index is 11.6. The van der Waals surface area contributed by atoms with Gasteiger partial charge in [0.25, 0.3) is 0 Å². The third-order valence-electron chi connectivity index (χ3n) is 5.88. The highest BCUT2D eigenvalue weighted by atomic mass is 35.5. The maximum Gasteiger partial charge on any atom is 0.151 e. The zero-order valence-corrected chi connectivity index (χ0v) is 18.8. The van der Waals surface area contributed by atoms with Crippen LogP contribution in [0.4, 0.5) is 5.69 Å². The number of fused-ring (bicyclic) bond motifs is 1. The lowest BCUT2D eigenvalue weighted by atomic mass is 9.97. The van der Waals surface area contributed by atoms with E-state index in [4.69, 9.17) is 0 Å². The van der Waals surface area contributed by atoms with Crippen molar-refractivity contribution in [2.24, 2.45) is 0 Å². The van der Waals surface area contributed by atoms with E-state index >= 15 is 0 Å². The molecular formula is C21H31ClN4O2S. The SMILES string of the molecule is CC(C)N1CCCc2cc(-c3cncn3CCNC3CCS(=O)(=O)C3)ccc21.Cl. The molecule has 29 heavy (non-hydrogen) atoms. The number of benzene rings is 1. The van der Waals surface area contributed by atoms with Gasteiger partial charge in [0, 0.05) is 43.0 Å². The molecule has 4 rings (SSSR count). The number of hydrogen-bond donors (Lipinski definition) is 1. The molecule has 1 saturated heterocycles. The Morgan fingerprint density at radius 2 is 2.14 bits per heavy atom. The summed E-state index contributed by atoms with van der Waals surface area (Å²) >= 11 is 0. The first-order valence-corrected chi connectivity index (χ1v) is 12.1. The molecule has 8 heteroatoms. The van der Waals surface area contributed by atoms with E-state index in [9.17, 15) is 8.42 Å². The topological polar surface area (TPSA) is 67.2 Å².